The molecule has 2 heterocycles. The predicted molar refractivity (Wildman–Crippen MR) is 64.0 cm³/mol. The molecule has 0 saturated heterocycles. The number of halogens is 1. The van der Waals surface area contributed by atoms with Gasteiger partial charge in [-0.05, 0) is 12.5 Å². The van der Waals surface area contributed by atoms with Gasteiger partial charge in [-0.1, -0.05) is 18.5 Å². The third-order valence-corrected chi connectivity index (χ3v) is 2.38. The van der Waals surface area contributed by atoms with Gasteiger partial charge >= 0.3 is 0 Å². The smallest absolute Gasteiger partial charge is 0.216 e. The van der Waals surface area contributed by atoms with Crippen LogP contribution < -0.4 is 4.74 Å². The maximum atomic E-state index is 5.93. The van der Waals surface area contributed by atoms with Crippen molar-refractivity contribution >= 4 is 11.6 Å². The van der Waals surface area contributed by atoms with Crippen LogP contribution in [0.4, 0.5) is 0 Å². The molecule has 5 nitrogen and oxygen atoms in total. The lowest BCUT2D eigenvalue weighted by atomic mass is 10.3. The van der Waals surface area contributed by atoms with Crippen LogP contribution in [0.15, 0.2) is 18.5 Å². The number of hydrogen-bond donors (Lipinski definition) is 0. The van der Waals surface area contributed by atoms with Crippen LogP contribution in [0.1, 0.15) is 12.6 Å². The molecule has 2 aromatic heterocycles. The van der Waals surface area contributed by atoms with Crippen molar-refractivity contribution in [1.82, 2.24) is 19.9 Å². The van der Waals surface area contributed by atoms with E-state index in [1.807, 2.05) is 6.92 Å². The van der Waals surface area contributed by atoms with E-state index in [2.05, 4.69) is 19.9 Å². The molecule has 0 aliphatic carbocycles. The second-order valence-electron chi connectivity index (χ2n) is 3.30. The maximum absolute atomic E-state index is 5.93. The number of hydrogen-bond acceptors (Lipinski definition) is 5. The second kappa shape index (κ2) is 5.05. The summed E-state index contributed by atoms with van der Waals surface area (Å²) in [5.74, 6) is 0.951. The van der Waals surface area contributed by atoms with E-state index in [-0.39, 0.29) is 0 Å². The highest BCUT2D eigenvalue weighted by molar-refractivity contribution is 6.29. The number of ether oxygens (including phenoxy) is 1. The Morgan fingerprint density at radius 2 is 2.06 bits per heavy atom. The summed E-state index contributed by atoms with van der Waals surface area (Å²) in [4.78, 5) is 16.5. The number of rotatable bonds is 3. The number of methoxy groups -OCH3 is 1. The van der Waals surface area contributed by atoms with Crippen molar-refractivity contribution in [2.75, 3.05) is 7.11 Å². The van der Waals surface area contributed by atoms with E-state index in [1.165, 1.54) is 6.33 Å². The molecular weight excluding hydrogens is 240 g/mol. The largest absolute Gasteiger partial charge is 0.481 e. The molecule has 2 rings (SSSR count). The highest BCUT2D eigenvalue weighted by Gasteiger charge is 2.08. The number of nitrogens with zero attached hydrogens (tertiary/aromatic N) is 4. The molecule has 0 spiro atoms. The summed E-state index contributed by atoms with van der Waals surface area (Å²) in [6, 6.07) is 3.41. The Labute approximate surface area is 104 Å². The van der Waals surface area contributed by atoms with Crippen LogP contribution in [0.5, 0.6) is 5.88 Å². The average molecular weight is 251 g/mol. The number of aryl methyl sites for hydroxylation is 1. The maximum Gasteiger partial charge on any atom is 0.216 e. The molecule has 0 aliphatic heterocycles. The van der Waals surface area contributed by atoms with E-state index in [0.717, 1.165) is 12.1 Å². The number of aromatic nitrogens is 4. The first-order valence-corrected chi connectivity index (χ1v) is 5.50. The third kappa shape index (κ3) is 2.68. The van der Waals surface area contributed by atoms with Crippen molar-refractivity contribution in [3.63, 3.8) is 0 Å². The van der Waals surface area contributed by atoms with Crippen molar-refractivity contribution in [3.05, 3.63) is 29.3 Å². The van der Waals surface area contributed by atoms with Crippen molar-refractivity contribution in [1.29, 1.82) is 0 Å². The summed E-state index contributed by atoms with van der Waals surface area (Å²) in [7, 11) is 1.54. The summed E-state index contributed by atoms with van der Waals surface area (Å²) >= 11 is 5.93. The van der Waals surface area contributed by atoms with Crippen LogP contribution in [0.2, 0.25) is 5.15 Å². The van der Waals surface area contributed by atoms with Crippen molar-refractivity contribution < 1.29 is 4.74 Å². The van der Waals surface area contributed by atoms with E-state index in [1.54, 1.807) is 19.2 Å². The zero-order valence-electron chi connectivity index (χ0n) is 9.51. The van der Waals surface area contributed by atoms with E-state index in [9.17, 15) is 0 Å². The lowest BCUT2D eigenvalue weighted by Gasteiger charge is -2.04. The summed E-state index contributed by atoms with van der Waals surface area (Å²) in [6.45, 7) is 2.00. The quantitative estimate of drug-likeness (QED) is 0.782. The molecule has 17 heavy (non-hydrogen) atoms. The molecule has 2 aromatic rings. The zero-order valence-corrected chi connectivity index (χ0v) is 10.3. The van der Waals surface area contributed by atoms with E-state index in [4.69, 9.17) is 16.3 Å². The van der Waals surface area contributed by atoms with Crippen LogP contribution in [0.3, 0.4) is 0 Å². The van der Waals surface area contributed by atoms with Crippen LogP contribution >= 0.6 is 11.6 Å². The second-order valence-corrected chi connectivity index (χ2v) is 3.69. The summed E-state index contributed by atoms with van der Waals surface area (Å²) < 4.78 is 5.02. The fraction of sp³-hybridized carbons (Fsp3) is 0.273. The van der Waals surface area contributed by atoms with Gasteiger partial charge in [0.05, 0.1) is 7.11 Å². The molecule has 0 N–H and O–H groups in total. The van der Waals surface area contributed by atoms with Crippen molar-refractivity contribution in [3.8, 4) is 17.4 Å². The lowest BCUT2D eigenvalue weighted by molar-refractivity contribution is 0.397. The summed E-state index contributed by atoms with van der Waals surface area (Å²) in [5.41, 5.74) is 1.46. The molecule has 0 aromatic carbocycles. The first kappa shape index (κ1) is 11.7. The van der Waals surface area contributed by atoms with Gasteiger partial charge in [-0.3, -0.25) is 0 Å². The van der Waals surface area contributed by atoms with Crippen molar-refractivity contribution in [2.24, 2.45) is 0 Å². The Kier molecular flexibility index (Phi) is 3.49. The van der Waals surface area contributed by atoms with Crippen LogP contribution in [0.25, 0.3) is 11.5 Å². The summed E-state index contributed by atoms with van der Waals surface area (Å²) in [5, 5.41) is 0.407. The molecule has 0 fully saturated rings. The lowest BCUT2D eigenvalue weighted by Crippen LogP contribution is -1.98. The topological polar surface area (TPSA) is 60.8 Å². The zero-order chi connectivity index (χ0) is 12.3. The van der Waals surface area contributed by atoms with Gasteiger partial charge in [-0.15, -0.1) is 0 Å². The standard InChI is InChI=1S/C11H11ClN4O/c1-3-7-4-9(12)16-11(15-7)8-5-10(17-2)14-6-13-8/h4-6H,3H2,1-2H3. The van der Waals surface area contributed by atoms with Gasteiger partial charge in [-0.2, -0.15) is 0 Å². The SMILES string of the molecule is CCc1cc(Cl)nc(-c2cc(OC)ncn2)n1. The molecule has 0 unspecified atom stereocenters. The van der Waals surface area contributed by atoms with Crippen LogP contribution in [-0.2, 0) is 6.42 Å². The van der Waals surface area contributed by atoms with Gasteiger partial charge in [-0.25, -0.2) is 19.9 Å². The van der Waals surface area contributed by atoms with Gasteiger partial charge in [0.15, 0.2) is 5.82 Å². The molecule has 88 valence electrons. The third-order valence-electron chi connectivity index (χ3n) is 2.19. The van der Waals surface area contributed by atoms with E-state index < -0.39 is 0 Å². The Balaban J connectivity index is 2.47. The van der Waals surface area contributed by atoms with Gasteiger partial charge in [0.1, 0.15) is 17.2 Å². The van der Waals surface area contributed by atoms with E-state index in [0.29, 0.717) is 22.6 Å². The fourth-order valence-electron chi connectivity index (χ4n) is 1.33. The molecule has 0 bridgehead atoms. The van der Waals surface area contributed by atoms with Crippen LogP contribution in [-0.4, -0.2) is 27.0 Å². The fourth-order valence-corrected chi connectivity index (χ4v) is 1.54. The monoisotopic (exact) mass is 250 g/mol. The van der Waals surface area contributed by atoms with Crippen molar-refractivity contribution in [2.45, 2.75) is 13.3 Å². The molecule has 6 heteroatoms. The Bertz CT molecular complexity index is 533. The molecule has 0 saturated carbocycles. The van der Waals surface area contributed by atoms with Gasteiger partial charge < -0.3 is 4.74 Å². The normalized spacial score (nSPS) is 10.3. The van der Waals surface area contributed by atoms with Gasteiger partial charge in [0.25, 0.3) is 0 Å². The molecule has 0 atom stereocenters. The first-order chi connectivity index (χ1) is 8.22. The molecule has 0 radical (unpaired) electrons. The Hall–Kier alpha value is -1.75. The predicted octanol–water partition coefficient (Wildman–Crippen LogP) is 2.16. The molecular formula is C11H11ClN4O. The van der Waals surface area contributed by atoms with Crippen LogP contribution in [0, 0.1) is 0 Å². The van der Waals surface area contributed by atoms with Gasteiger partial charge in [0.2, 0.25) is 5.88 Å². The average Bonchev–Trinajstić information content (AvgIpc) is 2.38. The highest BCUT2D eigenvalue weighted by Crippen LogP contribution is 2.18. The minimum Gasteiger partial charge on any atom is -0.481 e. The first-order valence-electron chi connectivity index (χ1n) is 5.12. The minimum absolute atomic E-state index is 0.407. The summed E-state index contributed by atoms with van der Waals surface area (Å²) in [6.07, 6.45) is 2.20. The Morgan fingerprint density at radius 3 is 2.76 bits per heavy atom. The molecule has 0 aliphatic rings. The molecule has 0 amide bonds. The van der Waals surface area contributed by atoms with Gasteiger partial charge in [0, 0.05) is 11.8 Å². The minimum atomic E-state index is 0.407. The highest BCUT2D eigenvalue weighted by atomic mass is 35.5. The Morgan fingerprint density at radius 1 is 1.24 bits per heavy atom. The van der Waals surface area contributed by atoms with E-state index >= 15 is 0 Å².